The smallest absolute Gasteiger partial charge is 0.306 e. The number of quaternary nitrogens is 1. The van der Waals surface area contributed by atoms with E-state index < -0.39 is 24.3 Å². The SMILES string of the molecule is CC/C=C\C/C=C\C/C=C\C/C=C\CCCCCCCCCCCCCCCCCCC(=O)OC(COC(=O)CCCCCCC/C=C\CCCCCCC)COC(OCC[N+](C)(C)C)C(=O)[O-]. The van der Waals surface area contributed by atoms with Gasteiger partial charge in [-0.3, -0.25) is 9.59 Å². The van der Waals surface area contributed by atoms with Crippen LogP contribution in [0.3, 0.4) is 0 Å². The van der Waals surface area contributed by atoms with E-state index in [0.717, 1.165) is 77.0 Å². The summed E-state index contributed by atoms with van der Waals surface area (Å²) in [6, 6.07) is 0. The first-order valence-electron chi connectivity index (χ1n) is 27.9. The van der Waals surface area contributed by atoms with Gasteiger partial charge in [0.1, 0.15) is 13.2 Å². The Labute approximate surface area is 418 Å². The Kier molecular flexibility index (Phi) is 48.2. The highest BCUT2D eigenvalue weighted by Gasteiger charge is 2.22. The number of likely N-dealkylation sites (N-methyl/N-ethyl adjacent to an activating group) is 1. The lowest BCUT2D eigenvalue weighted by Gasteiger charge is -2.26. The van der Waals surface area contributed by atoms with Crippen LogP contribution in [-0.4, -0.2) is 82.3 Å². The molecule has 0 rings (SSSR count). The van der Waals surface area contributed by atoms with Crippen molar-refractivity contribution in [2.45, 2.75) is 251 Å². The van der Waals surface area contributed by atoms with E-state index in [0.29, 0.717) is 17.4 Å². The minimum absolute atomic E-state index is 0.146. The van der Waals surface area contributed by atoms with Gasteiger partial charge in [0.25, 0.3) is 0 Å². The first kappa shape index (κ1) is 65.0. The van der Waals surface area contributed by atoms with Gasteiger partial charge in [-0.15, -0.1) is 0 Å². The van der Waals surface area contributed by atoms with Crippen LogP contribution in [-0.2, 0) is 33.3 Å². The minimum Gasteiger partial charge on any atom is -0.545 e. The van der Waals surface area contributed by atoms with Crippen LogP contribution in [0.25, 0.3) is 0 Å². The number of esters is 2. The normalized spacial score (nSPS) is 13.2. The summed E-state index contributed by atoms with van der Waals surface area (Å²) in [5, 5.41) is 11.7. The van der Waals surface area contributed by atoms with E-state index >= 15 is 0 Å². The quantitative estimate of drug-likeness (QED) is 0.0195. The molecule has 0 radical (unpaired) electrons. The molecule has 0 aromatic carbocycles. The van der Waals surface area contributed by atoms with E-state index in [1.54, 1.807) is 0 Å². The molecule has 0 saturated heterocycles. The second-order valence-electron chi connectivity index (χ2n) is 19.8. The monoisotopic (exact) mass is 956 g/mol. The first-order valence-corrected chi connectivity index (χ1v) is 27.9. The Hall–Kier alpha value is -3.01. The molecule has 9 heteroatoms. The largest absolute Gasteiger partial charge is 0.545 e. The van der Waals surface area contributed by atoms with E-state index in [1.165, 1.54) is 128 Å². The standard InChI is InChI=1S/C59H105NO8/c1-6-8-10-12-14-16-18-20-22-23-24-25-26-27-28-29-30-31-32-33-34-35-36-38-40-42-44-46-48-50-57(62)68-55(54-67-59(58(63)64)65-52-51-60(3,4)5)53-66-56(61)49-47-45-43-41-39-37-21-19-17-15-13-11-9-7-2/h8,10,14,16,19-22,24-25,55,59H,6-7,9,11-13,15,17-18,23,26-54H2,1-5H3/b10-8-,16-14-,21-19-,22-20-,25-24-. The van der Waals surface area contributed by atoms with Crippen molar-refractivity contribution in [3.8, 4) is 0 Å². The zero-order valence-corrected chi connectivity index (χ0v) is 44.7. The molecule has 394 valence electrons. The van der Waals surface area contributed by atoms with Gasteiger partial charge in [-0.1, -0.05) is 209 Å². The number of unbranched alkanes of at least 4 members (excludes halogenated alkanes) is 26. The van der Waals surface area contributed by atoms with Crippen molar-refractivity contribution in [2.75, 3.05) is 47.5 Å². The van der Waals surface area contributed by atoms with Crippen LogP contribution in [0.1, 0.15) is 239 Å². The van der Waals surface area contributed by atoms with Gasteiger partial charge in [0.05, 0.1) is 40.3 Å². The van der Waals surface area contributed by atoms with Crippen LogP contribution in [0.15, 0.2) is 60.8 Å². The fourth-order valence-corrected chi connectivity index (χ4v) is 7.70. The molecule has 0 saturated carbocycles. The number of allylic oxidation sites excluding steroid dienone is 10. The van der Waals surface area contributed by atoms with E-state index in [9.17, 15) is 19.5 Å². The summed E-state index contributed by atoms with van der Waals surface area (Å²) in [5.41, 5.74) is 0. The van der Waals surface area contributed by atoms with Crippen LogP contribution < -0.4 is 5.11 Å². The van der Waals surface area contributed by atoms with Gasteiger partial charge in [0, 0.05) is 12.8 Å². The maximum atomic E-state index is 12.8. The summed E-state index contributed by atoms with van der Waals surface area (Å²) in [7, 11) is 5.92. The van der Waals surface area contributed by atoms with Crippen molar-refractivity contribution in [1.82, 2.24) is 0 Å². The lowest BCUT2D eigenvalue weighted by atomic mass is 10.0. The van der Waals surface area contributed by atoms with E-state index in [-0.39, 0.29) is 38.6 Å². The van der Waals surface area contributed by atoms with Gasteiger partial charge in [-0.2, -0.15) is 0 Å². The lowest BCUT2D eigenvalue weighted by molar-refractivity contribution is -0.870. The Morgan fingerprint density at radius 1 is 0.456 bits per heavy atom. The van der Waals surface area contributed by atoms with Gasteiger partial charge in [0.15, 0.2) is 12.4 Å². The molecule has 0 heterocycles. The topological polar surface area (TPSA) is 111 Å². The van der Waals surface area contributed by atoms with Gasteiger partial charge >= 0.3 is 11.9 Å². The molecule has 0 aromatic heterocycles. The number of aliphatic carboxylic acids is 1. The van der Waals surface area contributed by atoms with Gasteiger partial charge in [-0.25, -0.2) is 0 Å². The number of hydrogen-bond donors (Lipinski definition) is 0. The second-order valence-corrected chi connectivity index (χ2v) is 19.8. The summed E-state index contributed by atoms with van der Waals surface area (Å²) in [4.78, 5) is 37.2. The number of carboxylic acid groups (broad SMARTS) is 1. The van der Waals surface area contributed by atoms with Crippen molar-refractivity contribution in [3.63, 3.8) is 0 Å². The predicted octanol–water partition coefficient (Wildman–Crippen LogP) is 14.7. The Morgan fingerprint density at radius 3 is 1.26 bits per heavy atom. The molecule has 0 aliphatic rings. The maximum Gasteiger partial charge on any atom is 0.306 e. The van der Waals surface area contributed by atoms with Gasteiger partial charge in [0.2, 0.25) is 0 Å². The zero-order valence-electron chi connectivity index (χ0n) is 44.7. The van der Waals surface area contributed by atoms with Gasteiger partial charge < -0.3 is 33.3 Å². The third-order valence-electron chi connectivity index (χ3n) is 12.0. The molecule has 0 amide bonds. The van der Waals surface area contributed by atoms with Crippen LogP contribution in [0.5, 0.6) is 0 Å². The molecule has 0 spiro atoms. The summed E-state index contributed by atoms with van der Waals surface area (Å²) in [6.45, 7) is 4.63. The molecule has 68 heavy (non-hydrogen) atoms. The predicted molar refractivity (Wildman–Crippen MR) is 283 cm³/mol. The molecule has 0 aliphatic carbocycles. The van der Waals surface area contributed by atoms with Crippen molar-refractivity contribution in [2.24, 2.45) is 0 Å². The number of ether oxygens (including phenoxy) is 4. The Balaban J connectivity index is 4.18. The summed E-state index contributed by atoms with van der Waals surface area (Å²) < 4.78 is 22.7. The molecule has 0 aromatic rings. The highest BCUT2D eigenvalue weighted by atomic mass is 16.7. The van der Waals surface area contributed by atoms with Crippen molar-refractivity contribution in [1.29, 1.82) is 0 Å². The van der Waals surface area contributed by atoms with Crippen molar-refractivity contribution < 1.29 is 42.9 Å². The molecule has 2 unspecified atom stereocenters. The Bertz CT molecular complexity index is 1300. The van der Waals surface area contributed by atoms with Crippen molar-refractivity contribution >= 4 is 17.9 Å². The number of carbonyl (C=O) groups is 3. The second kappa shape index (κ2) is 50.4. The Morgan fingerprint density at radius 2 is 0.838 bits per heavy atom. The molecule has 9 nitrogen and oxygen atoms in total. The van der Waals surface area contributed by atoms with Crippen LogP contribution in [0.2, 0.25) is 0 Å². The number of nitrogens with zero attached hydrogens (tertiary/aromatic N) is 1. The zero-order chi connectivity index (χ0) is 49.9. The van der Waals surface area contributed by atoms with E-state index in [2.05, 4.69) is 74.6 Å². The number of carbonyl (C=O) groups excluding carboxylic acids is 3. The van der Waals surface area contributed by atoms with E-state index in [4.69, 9.17) is 18.9 Å². The van der Waals surface area contributed by atoms with Crippen LogP contribution in [0, 0.1) is 0 Å². The molecule has 0 aliphatic heterocycles. The molecule has 0 bridgehead atoms. The average Bonchev–Trinajstić information content (AvgIpc) is 3.30. The van der Waals surface area contributed by atoms with Gasteiger partial charge in [-0.05, 0) is 77.0 Å². The molecular weight excluding hydrogens is 851 g/mol. The molecular formula is C59H105NO8. The summed E-state index contributed by atoms with van der Waals surface area (Å²) in [6.07, 6.45) is 59.8. The van der Waals surface area contributed by atoms with Crippen LogP contribution >= 0.6 is 0 Å². The van der Waals surface area contributed by atoms with E-state index in [1.807, 2.05) is 21.1 Å². The van der Waals surface area contributed by atoms with Crippen molar-refractivity contribution in [3.05, 3.63) is 60.8 Å². The fourth-order valence-electron chi connectivity index (χ4n) is 7.70. The van der Waals surface area contributed by atoms with Crippen LogP contribution in [0.4, 0.5) is 0 Å². The minimum atomic E-state index is -1.62. The number of rotatable bonds is 51. The summed E-state index contributed by atoms with van der Waals surface area (Å²) in [5.74, 6) is -2.29. The third kappa shape index (κ3) is 50.9. The average molecular weight is 956 g/mol. The maximum absolute atomic E-state index is 12.8. The third-order valence-corrected chi connectivity index (χ3v) is 12.0. The summed E-state index contributed by atoms with van der Waals surface area (Å²) >= 11 is 0. The molecule has 0 fully saturated rings. The number of carboxylic acids is 1. The highest BCUT2D eigenvalue weighted by molar-refractivity contribution is 5.70. The molecule has 2 atom stereocenters. The lowest BCUT2D eigenvalue weighted by Crippen LogP contribution is -2.44. The molecule has 0 N–H and O–H groups in total. The first-order chi connectivity index (χ1) is 33.1. The fraction of sp³-hybridized carbons (Fsp3) is 0.780. The number of hydrogen-bond acceptors (Lipinski definition) is 8. The highest BCUT2D eigenvalue weighted by Crippen LogP contribution is 2.16.